The van der Waals surface area contributed by atoms with Crippen LogP contribution in [0.3, 0.4) is 0 Å². The van der Waals surface area contributed by atoms with Gasteiger partial charge in [-0.1, -0.05) is 18.2 Å². The van der Waals surface area contributed by atoms with Gasteiger partial charge in [0, 0.05) is 25.9 Å². The Hall–Kier alpha value is -2.86. The summed E-state index contributed by atoms with van der Waals surface area (Å²) >= 11 is 0. The zero-order valence-electron chi connectivity index (χ0n) is 14.5. The SMILES string of the molecule is Cn1c(=O)[nH]c2ccc(-c3ccc4c(c3)NC(=O)C43CCOCC3)cc21. The second-order valence-corrected chi connectivity index (χ2v) is 7.13. The van der Waals surface area contributed by atoms with Crippen molar-refractivity contribution in [2.24, 2.45) is 7.05 Å². The molecule has 0 aliphatic carbocycles. The molecule has 1 saturated heterocycles. The van der Waals surface area contributed by atoms with Gasteiger partial charge >= 0.3 is 5.69 Å². The number of aromatic amines is 1. The monoisotopic (exact) mass is 349 g/mol. The second kappa shape index (κ2) is 5.32. The van der Waals surface area contributed by atoms with E-state index in [2.05, 4.69) is 22.4 Å². The third-order valence-corrected chi connectivity index (χ3v) is 5.80. The Morgan fingerprint density at radius 2 is 1.77 bits per heavy atom. The number of aromatic nitrogens is 2. The molecule has 1 aromatic heterocycles. The molecule has 0 unspecified atom stereocenters. The highest BCUT2D eigenvalue weighted by Gasteiger charge is 2.47. The zero-order chi connectivity index (χ0) is 17.9. The van der Waals surface area contributed by atoms with E-state index in [0.29, 0.717) is 13.2 Å². The lowest BCUT2D eigenvalue weighted by atomic mass is 9.75. The average molecular weight is 349 g/mol. The molecule has 5 rings (SSSR count). The van der Waals surface area contributed by atoms with Gasteiger partial charge in [0.1, 0.15) is 0 Å². The number of amides is 1. The van der Waals surface area contributed by atoms with Crippen molar-refractivity contribution in [2.75, 3.05) is 18.5 Å². The molecule has 6 heteroatoms. The molecule has 2 aromatic carbocycles. The van der Waals surface area contributed by atoms with Crippen LogP contribution in [0.2, 0.25) is 0 Å². The molecule has 2 aliphatic heterocycles. The van der Waals surface area contributed by atoms with E-state index < -0.39 is 5.41 Å². The fraction of sp³-hybridized carbons (Fsp3) is 0.300. The molecule has 2 aliphatic rings. The highest BCUT2D eigenvalue weighted by atomic mass is 16.5. The lowest BCUT2D eigenvalue weighted by Gasteiger charge is -2.31. The summed E-state index contributed by atoms with van der Waals surface area (Å²) in [5.74, 6) is 0.0800. The van der Waals surface area contributed by atoms with E-state index in [9.17, 15) is 9.59 Å². The molecule has 0 radical (unpaired) electrons. The molecule has 0 bridgehead atoms. The molecule has 3 aromatic rings. The van der Waals surface area contributed by atoms with E-state index in [-0.39, 0.29) is 11.6 Å². The third kappa shape index (κ3) is 2.02. The molecule has 132 valence electrons. The number of fused-ring (bicyclic) bond motifs is 3. The summed E-state index contributed by atoms with van der Waals surface area (Å²) in [4.78, 5) is 27.3. The van der Waals surface area contributed by atoms with Crippen molar-refractivity contribution in [1.29, 1.82) is 0 Å². The highest BCUT2D eigenvalue weighted by molar-refractivity contribution is 6.07. The van der Waals surface area contributed by atoms with Gasteiger partial charge in [-0.25, -0.2) is 4.79 Å². The van der Waals surface area contributed by atoms with Crippen LogP contribution >= 0.6 is 0 Å². The van der Waals surface area contributed by atoms with Gasteiger partial charge in [0.05, 0.1) is 16.4 Å². The number of H-pyrrole nitrogens is 1. The van der Waals surface area contributed by atoms with Crippen molar-refractivity contribution in [1.82, 2.24) is 9.55 Å². The van der Waals surface area contributed by atoms with Gasteiger partial charge in [-0.05, 0) is 47.7 Å². The lowest BCUT2D eigenvalue weighted by Crippen LogP contribution is -2.39. The minimum absolute atomic E-state index is 0.0800. The van der Waals surface area contributed by atoms with Crippen LogP contribution in [0.5, 0.6) is 0 Å². The summed E-state index contributed by atoms with van der Waals surface area (Å²) in [5, 5.41) is 3.06. The van der Waals surface area contributed by atoms with Crippen LogP contribution in [0, 0.1) is 0 Å². The van der Waals surface area contributed by atoms with Gasteiger partial charge in [0.15, 0.2) is 0 Å². The zero-order valence-corrected chi connectivity index (χ0v) is 14.5. The molecule has 3 heterocycles. The molecule has 1 amide bonds. The Morgan fingerprint density at radius 1 is 1.04 bits per heavy atom. The van der Waals surface area contributed by atoms with Crippen LogP contribution in [-0.4, -0.2) is 28.7 Å². The van der Waals surface area contributed by atoms with E-state index in [4.69, 9.17) is 4.74 Å². The summed E-state index contributed by atoms with van der Waals surface area (Å²) in [7, 11) is 1.75. The third-order valence-electron chi connectivity index (χ3n) is 5.80. The topological polar surface area (TPSA) is 76.1 Å². The number of hydrogen-bond acceptors (Lipinski definition) is 3. The smallest absolute Gasteiger partial charge is 0.326 e. The van der Waals surface area contributed by atoms with Crippen molar-refractivity contribution in [3.63, 3.8) is 0 Å². The minimum Gasteiger partial charge on any atom is -0.381 e. The van der Waals surface area contributed by atoms with Gasteiger partial charge in [-0.2, -0.15) is 0 Å². The number of ether oxygens (including phenoxy) is 1. The Bertz CT molecular complexity index is 1100. The first-order chi connectivity index (χ1) is 12.6. The van der Waals surface area contributed by atoms with E-state index >= 15 is 0 Å². The number of rotatable bonds is 1. The number of benzene rings is 2. The summed E-state index contributed by atoms with van der Waals surface area (Å²) < 4.78 is 7.06. The van der Waals surface area contributed by atoms with Gasteiger partial charge in [0.25, 0.3) is 0 Å². The Balaban J connectivity index is 1.61. The number of nitrogens with one attached hydrogen (secondary N) is 2. The van der Waals surface area contributed by atoms with Crippen molar-refractivity contribution in [3.05, 3.63) is 52.4 Å². The van der Waals surface area contributed by atoms with Gasteiger partial charge in [-0.15, -0.1) is 0 Å². The van der Waals surface area contributed by atoms with Crippen LogP contribution < -0.4 is 11.0 Å². The highest BCUT2D eigenvalue weighted by Crippen LogP contribution is 2.45. The second-order valence-electron chi connectivity index (χ2n) is 7.13. The van der Waals surface area contributed by atoms with Crippen molar-refractivity contribution < 1.29 is 9.53 Å². The van der Waals surface area contributed by atoms with Crippen LogP contribution in [0.25, 0.3) is 22.2 Å². The first-order valence-electron chi connectivity index (χ1n) is 8.81. The maximum atomic E-state index is 12.7. The molecular weight excluding hydrogens is 330 g/mol. The van der Waals surface area contributed by atoms with Crippen LogP contribution in [0.1, 0.15) is 18.4 Å². The Kier molecular flexibility index (Phi) is 3.15. The van der Waals surface area contributed by atoms with Crippen LogP contribution in [0.4, 0.5) is 5.69 Å². The fourth-order valence-electron chi connectivity index (χ4n) is 4.23. The van der Waals surface area contributed by atoms with Gasteiger partial charge in [-0.3, -0.25) is 9.36 Å². The summed E-state index contributed by atoms with van der Waals surface area (Å²) in [6.07, 6.45) is 1.45. The van der Waals surface area contributed by atoms with Crippen LogP contribution in [0.15, 0.2) is 41.2 Å². The molecule has 26 heavy (non-hydrogen) atoms. The number of aryl methyl sites for hydroxylation is 1. The van der Waals surface area contributed by atoms with Crippen molar-refractivity contribution in [3.8, 4) is 11.1 Å². The summed E-state index contributed by atoms with van der Waals surface area (Å²) in [6.45, 7) is 1.24. The molecule has 1 spiro atoms. The maximum Gasteiger partial charge on any atom is 0.326 e. The lowest BCUT2D eigenvalue weighted by molar-refractivity contribution is -0.124. The minimum atomic E-state index is -0.444. The van der Waals surface area contributed by atoms with E-state index in [1.165, 1.54) is 0 Å². The predicted molar refractivity (Wildman–Crippen MR) is 99.3 cm³/mol. The first-order valence-corrected chi connectivity index (χ1v) is 8.81. The summed E-state index contributed by atoms with van der Waals surface area (Å²) in [5.41, 5.74) is 5.10. The molecule has 6 nitrogen and oxygen atoms in total. The molecular formula is C20H19N3O3. The average Bonchev–Trinajstić information content (AvgIpc) is 3.09. The van der Waals surface area contributed by atoms with E-state index in [0.717, 1.165) is 46.3 Å². The number of anilines is 1. The molecule has 0 saturated carbocycles. The maximum absolute atomic E-state index is 12.7. The van der Waals surface area contributed by atoms with Gasteiger partial charge in [0.2, 0.25) is 5.91 Å². The Morgan fingerprint density at radius 3 is 2.58 bits per heavy atom. The quantitative estimate of drug-likeness (QED) is 0.709. The molecule has 0 atom stereocenters. The largest absolute Gasteiger partial charge is 0.381 e. The van der Waals surface area contributed by atoms with E-state index in [1.54, 1.807) is 11.6 Å². The van der Waals surface area contributed by atoms with E-state index in [1.807, 2.05) is 24.3 Å². The number of carbonyl (C=O) groups is 1. The number of hydrogen-bond donors (Lipinski definition) is 2. The standard InChI is InChI=1S/C20H19N3O3/c1-23-17-11-13(3-5-15(17)22-19(23)25)12-2-4-14-16(10-12)21-18(24)20(14)6-8-26-9-7-20/h2-5,10-11H,6-9H2,1H3,(H,21,24)(H,22,25). The molecule has 1 fully saturated rings. The number of carbonyl (C=O) groups excluding carboxylic acids is 1. The first kappa shape index (κ1) is 15.4. The van der Waals surface area contributed by atoms with Crippen molar-refractivity contribution >= 4 is 22.6 Å². The van der Waals surface area contributed by atoms with Gasteiger partial charge < -0.3 is 15.0 Å². The number of nitrogens with zero attached hydrogens (tertiary/aromatic N) is 1. The summed E-state index contributed by atoms with van der Waals surface area (Å²) in [6, 6.07) is 12.1. The fourth-order valence-corrected chi connectivity index (χ4v) is 4.23. The Labute approximate surface area is 149 Å². The predicted octanol–water partition coefficient (Wildman–Crippen LogP) is 2.53. The van der Waals surface area contributed by atoms with Crippen LogP contribution in [-0.2, 0) is 22.0 Å². The molecule has 2 N–H and O–H groups in total. The van der Waals surface area contributed by atoms with Crippen molar-refractivity contribution in [2.45, 2.75) is 18.3 Å². The number of imidazole rings is 1. The normalized spacial score (nSPS) is 18.3.